The van der Waals surface area contributed by atoms with E-state index in [-0.39, 0.29) is 17.5 Å². The third-order valence-electron chi connectivity index (χ3n) is 4.11. The van der Waals surface area contributed by atoms with Crippen LogP contribution in [0.3, 0.4) is 0 Å². The van der Waals surface area contributed by atoms with Crippen LogP contribution in [0.4, 0.5) is 5.88 Å². The summed E-state index contributed by atoms with van der Waals surface area (Å²) in [6, 6.07) is 5.74. The van der Waals surface area contributed by atoms with Gasteiger partial charge in [0.15, 0.2) is 0 Å². The van der Waals surface area contributed by atoms with Crippen molar-refractivity contribution in [2.45, 2.75) is 31.2 Å². The van der Waals surface area contributed by atoms with Crippen molar-refractivity contribution in [3.05, 3.63) is 29.6 Å². The van der Waals surface area contributed by atoms with Gasteiger partial charge >= 0.3 is 5.88 Å². The Morgan fingerprint density at radius 3 is 3.00 bits per heavy atom. The van der Waals surface area contributed by atoms with E-state index < -0.39 is 0 Å². The van der Waals surface area contributed by atoms with E-state index in [0.29, 0.717) is 36.9 Å². The summed E-state index contributed by atoms with van der Waals surface area (Å²) in [6.07, 6.45) is 4.53. The fraction of sp³-hybridized carbons (Fsp3) is 0.500. The van der Waals surface area contributed by atoms with Gasteiger partial charge in [-0.1, -0.05) is 25.1 Å². The summed E-state index contributed by atoms with van der Waals surface area (Å²) in [5.74, 6) is -0.167. The number of thioether (sulfide) groups is 1. The van der Waals surface area contributed by atoms with Gasteiger partial charge in [0.2, 0.25) is 5.27 Å². The maximum absolute atomic E-state index is 12.2. The third-order valence-corrected chi connectivity index (χ3v) is 5.09. The van der Waals surface area contributed by atoms with E-state index in [1.807, 2.05) is 11.1 Å². The van der Waals surface area contributed by atoms with Crippen LogP contribution in [-0.4, -0.2) is 48.2 Å². The molecule has 0 atom stereocenters. The predicted octanol–water partition coefficient (Wildman–Crippen LogP) is 0.722. The topological polar surface area (TPSA) is 114 Å². The van der Waals surface area contributed by atoms with E-state index in [4.69, 9.17) is 9.26 Å². The minimum absolute atomic E-state index is 0.0666. The molecular weight excluding hydrogens is 380 g/mol. The third kappa shape index (κ3) is 5.43. The van der Waals surface area contributed by atoms with Crippen LogP contribution in [0.25, 0.3) is 0 Å². The second-order valence-electron chi connectivity index (χ2n) is 6.19. The van der Waals surface area contributed by atoms with Gasteiger partial charge in [0, 0.05) is 11.4 Å². The lowest BCUT2D eigenvalue weighted by Gasteiger charge is -2.18. The lowest BCUT2D eigenvalue weighted by atomic mass is 10.2. The molecule has 2 aromatic heterocycles. The molecular formula is C18H22N6O3S. The van der Waals surface area contributed by atoms with E-state index in [9.17, 15) is 10.4 Å². The molecule has 1 aliphatic heterocycles. The molecule has 3 rings (SSSR count). The molecule has 0 radical (unpaired) electrons. The first-order valence-electron chi connectivity index (χ1n) is 9.18. The number of nitriles is 1. The summed E-state index contributed by atoms with van der Waals surface area (Å²) < 4.78 is 10.4. The molecule has 3 heterocycles. The maximum Gasteiger partial charge on any atom is 0.324 e. The van der Waals surface area contributed by atoms with Gasteiger partial charge in [-0.15, -0.1) is 5.01 Å². The van der Waals surface area contributed by atoms with Crippen molar-refractivity contribution in [1.29, 1.82) is 5.26 Å². The molecule has 148 valence electrons. The average molecular weight is 402 g/mol. The van der Waals surface area contributed by atoms with E-state index in [2.05, 4.69) is 28.2 Å². The van der Waals surface area contributed by atoms with E-state index in [0.717, 1.165) is 25.0 Å². The van der Waals surface area contributed by atoms with Crippen molar-refractivity contribution in [1.82, 2.24) is 10.3 Å². The number of aromatic nitrogens is 3. The number of aryl methyl sites for hydroxylation is 1. The Kier molecular flexibility index (Phi) is 7.22. The van der Waals surface area contributed by atoms with Gasteiger partial charge < -0.3 is 9.84 Å². The van der Waals surface area contributed by atoms with Crippen molar-refractivity contribution < 1.29 is 19.2 Å². The summed E-state index contributed by atoms with van der Waals surface area (Å²) in [5.41, 5.74) is 1.39. The van der Waals surface area contributed by atoms with Crippen LogP contribution in [0.15, 0.2) is 32.9 Å². The Labute approximate surface area is 167 Å². The zero-order valence-corrected chi connectivity index (χ0v) is 16.5. The number of hydrogen-bond donors (Lipinski definition) is 0. The molecule has 10 heteroatoms. The maximum atomic E-state index is 12.2. The normalized spacial score (nSPS) is 14.9. The van der Waals surface area contributed by atoms with Crippen molar-refractivity contribution >= 4 is 23.5 Å². The van der Waals surface area contributed by atoms with Crippen LogP contribution in [0.2, 0.25) is 0 Å². The second-order valence-corrected chi connectivity index (χ2v) is 7.16. The molecule has 0 amide bonds. The minimum Gasteiger partial charge on any atom is -0.861 e. The average Bonchev–Trinajstić information content (AvgIpc) is 3.19. The first-order chi connectivity index (χ1) is 13.7. The van der Waals surface area contributed by atoms with Gasteiger partial charge in [-0.05, 0) is 30.9 Å². The number of unbranched alkanes of at least 4 members (excludes halogenated alkanes) is 1. The lowest BCUT2D eigenvalue weighted by molar-refractivity contribution is -0.759. The molecule has 28 heavy (non-hydrogen) atoms. The molecule has 1 saturated heterocycles. The Balaban J connectivity index is 1.62. The Hall–Kier alpha value is -2.64. The van der Waals surface area contributed by atoms with Crippen molar-refractivity contribution in [2.75, 3.05) is 37.1 Å². The van der Waals surface area contributed by atoms with E-state index in [1.165, 1.54) is 16.6 Å². The van der Waals surface area contributed by atoms with Gasteiger partial charge in [0.25, 0.3) is 6.20 Å². The van der Waals surface area contributed by atoms with Crippen molar-refractivity contribution in [3.8, 4) is 6.07 Å². The highest BCUT2D eigenvalue weighted by atomic mass is 32.2. The molecule has 0 saturated carbocycles. The van der Waals surface area contributed by atoms with Gasteiger partial charge in [-0.25, -0.2) is 9.98 Å². The highest BCUT2D eigenvalue weighted by Crippen LogP contribution is 2.21. The quantitative estimate of drug-likeness (QED) is 0.275. The zero-order valence-electron chi connectivity index (χ0n) is 15.7. The Bertz CT molecular complexity index is 857. The molecule has 0 spiro atoms. The van der Waals surface area contributed by atoms with E-state index in [1.54, 1.807) is 12.3 Å². The summed E-state index contributed by atoms with van der Waals surface area (Å²) in [5, 5.41) is 27.8. The van der Waals surface area contributed by atoms with Gasteiger partial charge in [0.05, 0.1) is 36.7 Å². The molecule has 0 N–H and O–H groups in total. The summed E-state index contributed by atoms with van der Waals surface area (Å²) >= 11 is 1.21. The molecule has 1 fully saturated rings. The van der Waals surface area contributed by atoms with E-state index >= 15 is 0 Å². The number of aliphatic imine (C=N–C) groups is 1. The number of pyridine rings is 1. The number of rotatable bonds is 8. The molecule has 0 aliphatic carbocycles. The van der Waals surface area contributed by atoms with Gasteiger partial charge in [-0.2, -0.15) is 5.26 Å². The smallest absolute Gasteiger partial charge is 0.324 e. The van der Waals surface area contributed by atoms with Crippen LogP contribution < -0.4 is 14.9 Å². The first-order valence-corrected chi connectivity index (χ1v) is 10.2. The highest BCUT2D eigenvalue weighted by Gasteiger charge is 2.22. The first kappa shape index (κ1) is 20.1. The van der Waals surface area contributed by atoms with Crippen LogP contribution in [0.1, 0.15) is 31.0 Å². The van der Waals surface area contributed by atoms with Crippen LogP contribution in [0.5, 0.6) is 0 Å². The minimum atomic E-state index is -0.375. The Morgan fingerprint density at radius 1 is 1.43 bits per heavy atom. The SMILES string of the molecule is CCCCc1ccc(C#N)c(SC/C([O-])=N/c2c[n+](N3CCOCC3)no2)n1. The molecule has 0 bridgehead atoms. The summed E-state index contributed by atoms with van der Waals surface area (Å²) in [6.45, 7) is 4.74. The summed E-state index contributed by atoms with van der Waals surface area (Å²) in [7, 11) is 0. The fourth-order valence-electron chi connectivity index (χ4n) is 2.63. The molecule has 0 aromatic carbocycles. The second kappa shape index (κ2) is 10.1. The van der Waals surface area contributed by atoms with Crippen molar-refractivity contribution in [2.24, 2.45) is 4.99 Å². The van der Waals surface area contributed by atoms with Gasteiger partial charge in [0.1, 0.15) is 11.1 Å². The van der Waals surface area contributed by atoms with Gasteiger partial charge in [-0.3, -0.25) is 4.52 Å². The summed E-state index contributed by atoms with van der Waals surface area (Å²) in [4.78, 5) is 9.99. The number of nitrogens with zero attached hydrogens (tertiary/aromatic N) is 6. The molecule has 9 nitrogen and oxygen atoms in total. The number of ether oxygens (including phenoxy) is 1. The van der Waals surface area contributed by atoms with Crippen LogP contribution in [-0.2, 0) is 11.2 Å². The highest BCUT2D eigenvalue weighted by molar-refractivity contribution is 7.99. The monoisotopic (exact) mass is 402 g/mol. The van der Waals surface area contributed by atoms with Crippen LogP contribution >= 0.6 is 11.8 Å². The number of hydrogen-bond acceptors (Lipinski definition) is 9. The molecule has 1 aliphatic rings. The molecule has 2 aromatic rings. The standard InChI is InChI=1S/C18H22N6O3S/c1-2-3-4-15-6-5-14(11-19)18(20-15)28-13-16(25)21-17-12-24(22-27-17)23-7-9-26-10-8-23/h5-6,12H,2-4,7-10,13H2,1H3. The Morgan fingerprint density at radius 2 is 2.25 bits per heavy atom. The van der Waals surface area contributed by atoms with Crippen molar-refractivity contribution in [3.63, 3.8) is 0 Å². The largest absolute Gasteiger partial charge is 0.861 e. The fourth-order valence-corrected chi connectivity index (χ4v) is 3.40. The number of morpholine rings is 1. The van der Waals surface area contributed by atoms with Crippen LogP contribution in [0, 0.1) is 11.3 Å². The lowest BCUT2D eigenvalue weighted by Crippen LogP contribution is -2.62. The predicted molar refractivity (Wildman–Crippen MR) is 101 cm³/mol. The zero-order chi connectivity index (χ0) is 19.8. The molecule has 0 unspecified atom stereocenters.